The third-order valence-electron chi connectivity index (χ3n) is 1.86. The molecule has 2 N–H and O–H groups in total. The van der Waals surface area contributed by atoms with E-state index in [2.05, 4.69) is 6.58 Å². The molecule has 1 fully saturated rings. The van der Waals surface area contributed by atoms with E-state index in [0.29, 0.717) is 0 Å². The molecule has 0 heterocycles. The van der Waals surface area contributed by atoms with Gasteiger partial charge in [0, 0.05) is 6.42 Å². The molecule has 11 heavy (non-hydrogen) atoms. The van der Waals surface area contributed by atoms with Crippen LogP contribution in [0.15, 0.2) is 12.2 Å². The third-order valence-corrected chi connectivity index (χ3v) is 1.86. The van der Waals surface area contributed by atoms with Crippen LogP contribution in [-0.4, -0.2) is 12.2 Å². The molecule has 0 radical (unpaired) electrons. The minimum atomic E-state index is -0.676. The second kappa shape index (κ2) is 3.42. The van der Waals surface area contributed by atoms with Gasteiger partial charge >= 0.3 is 6.09 Å². The van der Waals surface area contributed by atoms with E-state index in [1.54, 1.807) is 0 Å². The number of ether oxygens (including phenoxy) is 1. The Morgan fingerprint density at radius 2 is 2.45 bits per heavy atom. The molecule has 0 aromatic heterocycles. The van der Waals surface area contributed by atoms with Gasteiger partial charge < -0.3 is 10.5 Å². The number of carbonyl (C=O) groups is 1. The van der Waals surface area contributed by atoms with Crippen LogP contribution in [0.5, 0.6) is 0 Å². The Labute approximate surface area is 66.2 Å². The fourth-order valence-corrected chi connectivity index (χ4v) is 1.37. The molecule has 1 unspecified atom stereocenters. The van der Waals surface area contributed by atoms with Gasteiger partial charge in [-0.05, 0) is 19.3 Å². The van der Waals surface area contributed by atoms with E-state index in [1.165, 1.54) is 0 Å². The molecule has 1 aliphatic rings. The summed E-state index contributed by atoms with van der Waals surface area (Å²) in [5, 5.41) is 0. The molecular weight excluding hydrogens is 142 g/mol. The van der Waals surface area contributed by atoms with Crippen molar-refractivity contribution in [3.63, 3.8) is 0 Å². The lowest BCUT2D eigenvalue weighted by atomic mass is 9.94. The monoisotopic (exact) mass is 155 g/mol. The number of hydrogen-bond donors (Lipinski definition) is 1. The maximum atomic E-state index is 10.3. The fraction of sp³-hybridized carbons (Fsp3) is 0.625. The summed E-state index contributed by atoms with van der Waals surface area (Å²) in [6.45, 7) is 3.84. The summed E-state index contributed by atoms with van der Waals surface area (Å²) >= 11 is 0. The zero-order valence-electron chi connectivity index (χ0n) is 6.51. The highest BCUT2D eigenvalue weighted by Gasteiger charge is 2.17. The highest BCUT2D eigenvalue weighted by molar-refractivity contribution is 5.64. The summed E-state index contributed by atoms with van der Waals surface area (Å²) in [4.78, 5) is 10.3. The third kappa shape index (κ3) is 2.62. The van der Waals surface area contributed by atoms with Crippen molar-refractivity contribution in [1.82, 2.24) is 0 Å². The van der Waals surface area contributed by atoms with Crippen LogP contribution in [0.3, 0.4) is 0 Å². The molecule has 0 saturated heterocycles. The van der Waals surface area contributed by atoms with Crippen LogP contribution in [0.2, 0.25) is 0 Å². The Balaban J connectivity index is 2.34. The summed E-state index contributed by atoms with van der Waals surface area (Å²) in [6, 6.07) is 0. The van der Waals surface area contributed by atoms with Gasteiger partial charge in [-0.15, -0.1) is 0 Å². The van der Waals surface area contributed by atoms with Crippen molar-refractivity contribution in [3.05, 3.63) is 12.2 Å². The average molecular weight is 155 g/mol. The first-order chi connectivity index (χ1) is 5.18. The summed E-state index contributed by atoms with van der Waals surface area (Å²) in [7, 11) is 0. The molecule has 3 nitrogen and oxygen atoms in total. The van der Waals surface area contributed by atoms with Crippen LogP contribution in [0.25, 0.3) is 0 Å². The van der Waals surface area contributed by atoms with Crippen molar-refractivity contribution in [1.29, 1.82) is 0 Å². The molecule has 1 atom stereocenters. The molecule has 1 aliphatic carbocycles. The lowest BCUT2D eigenvalue weighted by Gasteiger charge is -2.22. The van der Waals surface area contributed by atoms with Crippen molar-refractivity contribution in [3.8, 4) is 0 Å². The smallest absolute Gasteiger partial charge is 0.404 e. The average Bonchev–Trinajstić information content (AvgIpc) is 1.85. The second-order valence-corrected chi connectivity index (χ2v) is 2.91. The van der Waals surface area contributed by atoms with Gasteiger partial charge in [0.15, 0.2) is 0 Å². The van der Waals surface area contributed by atoms with E-state index in [0.717, 1.165) is 31.3 Å². The maximum Gasteiger partial charge on any atom is 0.404 e. The van der Waals surface area contributed by atoms with Crippen LogP contribution in [0.4, 0.5) is 4.79 Å². The van der Waals surface area contributed by atoms with Crippen molar-refractivity contribution in [2.75, 3.05) is 0 Å². The minimum Gasteiger partial charge on any atom is -0.446 e. The summed E-state index contributed by atoms with van der Waals surface area (Å²) in [6.07, 6.45) is 3.11. The van der Waals surface area contributed by atoms with E-state index in [-0.39, 0.29) is 6.10 Å². The first-order valence-electron chi connectivity index (χ1n) is 3.81. The molecule has 1 amide bonds. The van der Waals surface area contributed by atoms with Crippen LogP contribution >= 0.6 is 0 Å². The predicted octanol–water partition coefficient (Wildman–Crippen LogP) is 1.58. The van der Waals surface area contributed by atoms with Crippen molar-refractivity contribution < 1.29 is 9.53 Å². The van der Waals surface area contributed by atoms with Gasteiger partial charge in [0.25, 0.3) is 0 Å². The molecule has 62 valence electrons. The maximum absolute atomic E-state index is 10.3. The topological polar surface area (TPSA) is 52.3 Å². The second-order valence-electron chi connectivity index (χ2n) is 2.91. The number of nitrogens with two attached hydrogens (primary N) is 1. The molecule has 0 aromatic rings. The van der Waals surface area contributed by atoms with E-state index in [4.69, 9.17) is 10.5 Å². The molecule has 1 rings (SSSR count). The molecule has 1 saturated carbocycles. The van der Waals surface area contributed by atoms with Crippen molar-refractivity contribution in [2.45, 2.75) is 31.8 Å². The van der Waals surface area contributed by atoms with E-state index < -0.39 is 6.09 Å². The van der Waals surface area contributed by atoms with Crippen LogP contribution < -0.4 is 5.73 Å². The summed E-state index contributed by atoms with van der Waals surface area (Å²) in [5.74, 6) is 0. The lowest BCUT2D eigenvalue weighted by molar-refractivity contribution is 0.0936. The molecular formula is C8H13NO2. The highest BCUT2D eigenvalue weighted by atomic mass is 16.6. The first-order valence-corrected chi connectivity index (χ1v) is 3.81. The normalized spacial score (nSPS) is 24.7. The van der Waals surface area contributed by atoms with Gasteiger partial charge in [0.2, 0.25) is 0 Å². The minimum absolute atomic E-state index is 0.0197. The van der Waals surface area contributed by atoms with Gasteiger partial charge in [-0.3, -0.25) is 0 Å². The standard InChI is InChI=1S/C8H13NO2/c1-6-3-2-4-7(5-6)11-8(9)10/h7H,1-5H2,(H2,9,10). The zero-order chi connectivity index (χ0) is 8.27. The molecule has 0 aromatic carbocycles. The number of hydrogen-bond acceptors (Lipinski definition) is 2. The number of amides is 1. The summed E-state index contributed by atoms with van der Waals surface area (Å²) in [5.41, 5.74) is 6.03. The van der Waals surface area contributed by atoms with Gasteiger partial charge in [-0.2, -0.15) is 0 Å². The quantitative estimate of drug-likeness (QED) is 0.584. The number of primary amides is 1. The molecule has 3 heteroatoms. The van der Waals surface area contributed by atoms with Crippen LogP contribution in [0, 0.1) is 0 Å². The molecule has 0 aliphatic heterocycles. The lowest BCUT2D eigenvalue weighted by Crippen LogP contribution is -2.25. The van der Waals surface area contributed by atoms with E-state index >= 15 is 0 Å². The van der Waals surface area contributed by atoms with E-state index in [9.17, 15) is 4.79 Å². The SMILES string of the molecule is C=C1CCCC(OC(N)=O)C1. The van der Waals surface area contributed by atoms with Crippen molar-refractivity contribution >= 4 is 6.09 Å². The fourth-order valence-electron chi connectivity index (χ4n) is 1.37. The van der Waals surface area contributed by atoms with Gasteiger partial charge in [0.1, 0.15) is 6.10 Å². The Morgan fingerprint density at radius 3 is 3.00 bits per heavy atom. The predicted molar refractivity (Wildman–Crippen MR) is 42.1 cm³/mol. The Hall–Kier alpha value is -0.990. The van der Waals surface area contributed by atoms with E-state index in [1.807, 2.05) is 0 Å². The Morgan fingerprint density at radius 1 is 1.73 bits per heavy atom. The molecule has 0 bridgehead atoms. The largest absolute Gasteiger partial charge is 0.446 e. The Kier molecular flexibility index (Phi) is 2.52. The van der Waals surface area contributed by atoms with Gasteiger partial charge in [0.05, 0.1) is 0 Å². The summed E-state index contributed by atoms with van der Waals surface area (Å²) < 4.78 is 4.84. The number of rotatable bonds is 1. The first kappa shape index (κ1) is 8.11. The highest BCUT2D eigenvalue weighted by Crippen LogP contribution is 2.23. The van der Waals surface area contributed by atoms with Crippen molar-refractivity contribution in [2.24, 2.45) is 5.73 Å². The van der Waals surface area contributed by atoms with Crippen LogP contribution in [0.1, 0.15) is 25.7 Å². The van der Waals surface area contributed by atoms with Crippen LogP contribution in [-0.2, 0) is 4.74 Å². The van der Waals surface area contributed by atoms with Gasteiger partial charge in [-0.1, -0.05) is 12.2 Å². The van der Waals surface area contributed by atoms with Gasteiger partial charge in [-0.25, -0.2) is 4.79 Å². The number of carbonyl (C=O) groups excluding carboxylic acids is 1. The zero-order valence-corrected chi connectivity index (χ0v) is 6.51. The molecule has 0 spiro atoms. The Bertz CT molecular complexity index is 175.